The molecule has 0 unspecified atom stereocenters. The van der Waals surface area contributed by atoms with Gasteiger partial charge in [-0.25, -0.2) is 0 Å². The summed E-state index contributed by atoms with van der Waals surface area (Å²) >= 11 is 0. The van der Waals surface area contributed by atoms with E-state index in [1.807, 2.05) is 0 Å². The number of halogens is 3. The zero-order chi connectivity index (χ0) is 15.6. The molecule has 1 aromatic carbocycles. The first-order valence-electron chi connectivity index (χ1n) is 5.91. The summed E-state index contributed by atoms with van der Waals surface area (Å²) < 4.78 is 37.1. The van der Waals surface area contributed by atoms with Gasteiger partial charge >= 0.3 is 6.18 Å². The van der Waals surface area contributed by atoms with Gasteiger partial charge in [-0.2, -0.15) is 13.2 Å². The smallest absolute Gasteiger partial charge is 0.433 e. The fourth-order valence-corrected chi connectivity index (χ4v) is 1.68. The lowest BCUT2D eigenvalue weighted by molar-refractivity contribution is -0.141. The predicted molar refractivity (Wildman–Crippen MR) is 70.0 cm³/mol. The Morgan fingerprint density at radius 1 is 1.24 bits per heavy atom. The van der Waals surface area contributed by atoms with Crippen LogP contribution in [0, 0.1) is 6.92 Å². The molecule has 21 heavy (non-hydrogen) atoms. The topological polar surface area (TPSA) is 62.2 Å². The molecular weight excluding hydrogens is 285 g/mol. The number of carbonyl (C=O) groups is 1. The third-order valence-electron chi connectivity index (χ3n) is 2.77. The quantitative estimate of drug-likeness (QED) is 0.835. The van der Waals surface area contributed by atoms with Crippen LogP contribution in [0.5, 0.6) is 5.75 Å². The van der Waals surface area contributed by atoms with E-state index >= 15 is 0 Å². The first kappa shape index (κ1) is 14.8. The van der Waals surface area contributed by atoms with E-state index in [0.717, 1.165) is 18.3 Å². The molecule has 0 spiro atoms. The van der Waals surface area contributed by atoms with Crippen LogP contribution in [-0.4, -0.2) is 16.0 Å². The third kappa shape index (κ3) is 3.50. The summed E-state index contributed by atoms with van der Waals surface area (Å²) in [6.07, 6.45) is -3.67. The van der Waals surface area contributed by atoms with Crippen LogP contribution < -0.4 is 5.32 Å². The number of anilines is 1. The van der Waals surface area contributed by atoms with Crippen molar-refractivity contribution >= 4 is 11.6 Å². The lowest BCUT2D eigenvalue weighted by Crippen LogP contribution is -2.14. The maximum absolute atomic E-state index is 12.4. The standard InChI is InChI=1S/C14H11F3N2O2/c1-8-6-10(20)3-4-11(8)19-13(21)9-2-5-12(18-7-9)14(15,16)17/h2-7,20H,1H3,(H,19,21). The maximum Gasteiger partial charge on any atom is 0.433 e. The van der Waals surface area contributed by atoms with E-state index in [2.05, 4.69) is 10.3 Å². The number of benzene rings is 1. The van der Waals surface area contributed by atoms with Crippen LogP contribution in [-0.2, 0) is 6.18 Å². The van der Waals surface area contributed by atoms with E-state index in [4.69, 9.17) is 0 Å². The van der Waals surface area contributed by atoms with Crippen molar-refractivity contribution in [3.8, 4) is 5.75 Å². The molecule has 2 rings (SSSR count). The van der Waals surface area contributed by atoms with Crippen molar-refractivity contribution in [3.63, 3.8) is 0 Å². The van der Waals surface area contributed by atoms with E-state index < -0.39 is 17.8 Å². The highest BCUT2D eigenvalue weighted by Gasteiger charge is 2.32. The summed E-state index contributed by atoms with van der Waals surface area (Å²) in [6.45, 7) is 1.68. The van der Waals surface area contributed by atoms with Crippen LogP contribution in [0.3, 0.4) is 0 Å². The minimum absolute atomic E-state index is 0.00970. The Labute approximate surface area is 118 Å². The Bertz CT molecular complexity index is 667. The minimum Gasteiger partial charge on any atom is -0.508 e. The Morgan fingerprint density at radius 2 is 1.95 bits per heavy atom. The van der Waals surface area contributed by atoms with Crippen molar-refractivity contribution in [2.24, 2.45) is 0 Å². The molecule has 0 aliphatic rings. The van der Waals surface area contributed by atoms with Gasteiger partial charge in [-0.15, -0.1) is 0 Å². The molecule has 0 saturated carbocycles. The second kappa shape index (κ2) is 5.43. The Kier molecular flexibility index (Phi) is 3.84. The van der Waals surface area contributed by atoms with Crippen molar-refractivity contribution < 1.29 is 23.1 Å². The number of amides is 1. The lowest BCUT2D eigenvalue weighted by atomic mass is 10.1. The number of alkyl halides is 3. The number of aromatic nitrogens is 1. The molecule has 0 radical (unpaired) electrons. The highest BCUT2D eigenvalue weighted by molar-refractivity contribution is 6.04. The highest BCUT2D eigenvalue weighted by atomic mass is 19.4. The Hall–Kier alpha value is -2.57. The van der Waals surface area contributed by atoms with E-state index in [0.29, 0.717) is 11.3 Å². The van der Waals surface area contributed by atoms with E-state index in [9.17, 15) is 23.1 Å². The Morgan fingerprint density at radius 3 is 2.48 bits per heavy atom. The van der Waals surface area contributed by atoms with Gasteiger partial charge in [-0.05, 0) is 42.8 Å². The van der Waals surface area contributed by atoms with Crippen LogP contribution in [0.1, 0.15) is 21.6 Å². The number of aromatic hydroxyl groups is 1. The molecule has 0 aliphatic carbocycles. The molecule has 0 atom stereocenters. The number of pyridine rings is 1. The molecule has 2 N–H and O–H groups in total. The number of aryl methyl sites for hydroxylation is 1. The van der Waals surface area contributed by atoms with Crippen molar-refractivity contribution in [2.45, 2.75) is 13.1 Å². The van der Waals surface area contributed by atoms with Crippen LogP contribution >= 0.6 is 0 Å². The van der Waals surface area contributed by atoms with E-state index in [-0.39, 0.29) is 11.3 Å². The summed E-state index contributed by atoms with van der Waals surface area (Å²) in [5, 5.41) is 11.8. The van der Waals surface area contributed by atoms with E-state index in [1.54, 1.807) is 6.92 Å². The number of hydrogen-bond donors (Lipinski definition) is 2. The Balaban J connectivity index is 2.17. The molecule has 1 heterocycles. The van der Waals surface area contributed by atoms with Gasteiger partial charge in [-0.1, -0.05) is 0 Å². The number of nitrogens with zero attached hydrogens (tertiary/aromatic N) is 1. The second-order valence-corrected chi connectivity index (χ2v) is 4.38. The molecular formula is C14H11F3N2O2. The normalized spacial score (nSPS) is 11.2. The summed E-state index contributed by atoms with van der Waals surface area (Å²) in [5.74, 6) is -0.522. The third-order valence-corrected chi connectivity index (χ3v) is 2.77. The largest absolute Gasteiger partial charge is 0.508 e. The van der Waals surface area contributed by atoms with Gasteiger partial charge in [0.15, 0.2) is 0 Å². The summed E-state index contributed by atoms with van der Waals surface area (Å²) in [7, 11) is 0. The molecule has 2 aromatic rings. The molecule has 110 valence electrons. The molecule has 0 fully saturated rings. The van der Waals surface area contributed by atoms with Gasteiger partial charge in [-0.3, -0.25) is 9.78 Å². The van der Waals surface area contributed by atoms with Crippen LogP contribution in [0.25, 0.3) is 0 Å². The van der Waals surface area contributed by atoms with Gasteiger partial charge < -0.3 is 10.4 Å². The maximum atomic E-state index is 12.4. The van der Waals surface area contributed by atoms with Crippen molar-refractivity contribution in [1.82, 2.24) is 4.98 Å². The summed E-state index contributed by atoms with van der Waals surface area (Å²) in [5.41, 5.74) is 0.0382. The first-order chi connectivity index (χ1) is 9.77. The van der Waals surface area contributed by atoms with Crippen molar-refractivity contribution in [1.29, 1.82) is 0 Å². The average Bonchev–Trinajstić information content (AvgIpc) is 2.41. The average molecular weight is 296 g/mol. The van der Waals surface area contributed by atoms with Crippen LogP contribution in [0.4, 0.5) is 18.9 Å². The molecule has 7 heteroatoms. The van der Waals surface area contributed by atoms with Gasteiger partial charge in [0.2, 0.25) is 0 Å². The van der Waals surface area contributed by atoms with Gasteiger partial charge in [0.25, 0.3) is 5.91 Å². The van der Waals surface area contributed by atoms with E-state index in [1.165, 1.54) is 18.2 Å². The molecule has 0 bridgehead atoms. The number of hydrogen-bond acceptors (Lipinski definition) is 3. The number of carbonyl (C=O) groups excluding carboxylic acids is 1. The number of phenols is 1. The SMILES string of the molecule is Cc1cc(O)ccc1NC(=O)c1ccc(C(F)(F)F)nc1. The van der Waals surface area contributed by atoms with Crippen LogP contribution in [0.15, 0.2) is 36.5 Å². The minimum atomic E-state index is -4.54. The van der Waals surface area contributed by atoms with Crippen LogP contribution in [0.2, 0.25) is 0 Å². The zero-order valence-corrected chi connectivity index (χ0v) is 10.9. The van der Waals surface area contributed by atoms with Gasteiger partial charge in [0, 0.05) is 11.9 Å². The molecule has 1 aromatic heterocycles. The number of phenolic OH excluding ortho intramolecular Hbond substituents is 1. The molecule has 4 nitrogen and oxygen atoms in total. The van der Waals surface area contributed by atoms with Crippen molar-refractivity contribution in [3.05, 3.63) is 53.3 Å². The molecule has 1 amide bonds. The second-order valence-electron chi connectivity index (χ2n) is 4.38. The summed E-state index contributed by atoms with van der Waals surface area (Å²) in [6, 6.07) is 6.16. The fraction of sp³-hybridized carbons (Fsp3) is 0.143. The van der Waals surface area contributed by atoms with Crippen molar-refractivity contribution in [2.75, 3.05) is 5.32 Å². The first-order valence-corrected chi connectivity index (χ1v) is 5.91. The predicted octanol–water partition coefficient (Wildman–Crippen LogP) is 3.37. The molecule has 0 aliphatic heterocycles. The number of nitrogens with one attached hydrogen (secondary N) is 1. The monoisotopic (exact) mass is 296 g/mol. The highest BCUT2D eigenvalue weighted by Crippen LogP contribution is 2.27. The van der Waals surface area contributed by atoms with Gasteiger partial charge in [0.1, 0.15) is 11.4 Å². The fourth-order valence-electron chi connectivity index (χ4n) is 1.68. The summed E-state index contributed by atoms with van der Waals surface area (Å²) in [4.78, 5) is 15.1. The lowest BCUT2D eigenvalue weighted by Gasteiger charge is -2.09. The zero-order valence-electron chi connectivity index (χ0n) is 10.9. The molecule has 0 saturated heterocycles. The number of rotatable bonds is 2. The van der Waals surface area contributed by atoms with Gasteiger partial charge in [0.05, 0.1) is 5.56 Å².